The number of Topliss-reactive ketones (excluding diaryl/α,β-unsaturated/α-hetero) is 1. The second kappa shape index (κ2) is 8.61. The Kier molecular flexibility index (Phi) is 6.51. The fraction of sp³-hybridized carbons (Fsp3) is 0.158. The summed E-state index contributed by atoms with van der Waals surface area (Å²) >= 11 is 11.9. The Balaban J connectivity index is 2.52. The van der Waals surface area contributed by atoms with Crippen LogP contribution >= 0.6 is 23.2 Å². The standard InChI is InChI=1S/C19H15Cl2NO4/c1-24-16-5-11(6-17(25-2)19(16)26-3)4-13(10-22)18(23)12-7-14(20)9-15(21)8-12/h4-9H,1-3H3/b13-4+. The maximum atomic E-state index is 12.6. The van der Waals surface area contributed by atoms with Gasteiger partial charge < -0.3 is 14.2 Å². The van der Waals surface area contributed by atoms with E-state index in [2.05, 4.69) is 0 Å². The van der Waals surface area contributed by atoms with Crippen molar-refractivity contribution >= 4 is 35.1 Å². The van der Waals surface area contributed by atoms with Gasteiger partial charge in [0, 0.05) is 15.6 Å². The zero-order valence-electron chi connectivity index (χ0n) is 14.3. The van der Waals surface area contributed by atoms with E-state index < -0.39 is 5.78 Å². The molecule has 0 saturated heterocycles. The quantitative estimate of drug-likeness (QED) is 0.401. The molecule has 0 atom stereocenters. The molecular formula is C19H15Cl2NO4. The number of carbonyl (C=O) groups is 1. The van der Waals surface area contributed by atoms with E-state index in [1.165, 1.54) is 45.6 Å². The SMILES string of the molecule is COc1cc(/C=C(\C#N)C(=O)c2cc(Cl)cc(Cl)c2)cc(OC)c1OC. The van der Waals surface area contributed by atoms with E-state index in [4.69, 9.17) is 37.4 Å². The lowest BCUT2D eigenvalue weighted by Gasteiger charge is -2.13. The molecule has 0 N–H and O–H groups in total. The lowest BCUT2D eigenvalue weighted by atomic mass is 10.0. The largest absolute Gasteiger partial charge is 0.493 e. The van der Waals surface area contributed by atoms with Crippen LogP contribution in [0.5, 0.6) is 17.2 Å². The van der Waals surface area contributed by atoms with Crippen LogP contribution in [0, 0.1) is 11.3 Å². The number of hydrogen-bond acceptors (Lipinski definition) is 5. The minimum atomic E-state index is -0.495. The van der Waals surface area contributed by atoms with Crippen molar-refractivity contribution in [2.75, 3.05) is 21.3 Å². The molecule has 2 rings (SSSR count). The first-order valence-electron chi connectivity index (χ1n) is 7.36. The number of methoxy groups -OCH3 is 3. The first kappa shape index (κ1) is 19.6. The maximum absolute atomic E-state index is 12.6. The third kappa shape index (κ3) is 4.29. The molecule has 0 amide bonds. The number of nitrogens with zero attached hydrogens (tertiary/aromatic N) is 1. The summed E-state index contributed by atoms with van der Waals surface area (Å²) in [5.41, 5.74) is 0.679. The summed E-state index contributed by atoms with van der Waals surface area (Å²) in [5, 5.41) is 10.0. The smallest absolute Gasteiger partial charge is 0.203 e. The van der Waals surface area contributed by atoms with Crippen molar-refractivity contribution in [2.45, 2.75) is 0 Å². The molecule has 134 valence electrons. The van der Waals surface area contributed by atoms with Gasteiger partial charge in [0.2, 0.25) is 11.5 Å². The number of hydrogen-bond donors (Lipinski definition) is 0. The van der Waals surface area contributed by atoms with E-state index in [-0.39, 0.29) is 11.1 Å². The molecule has 0 aliphatic carbocycles. The Labute approximate surface area is 161 Å². The number of ketones is 1. The predicted octanol–water partition coefficient (Wildman–Crippen LogP) is 4.81. The fourth-order valence-electron chi connectivity index (χ4n) is 2.34. The van der Waals surface area contributed by atoms with Gasteiger partial charge >= 0.3 is 0 Å². The third-order valence-corrected chi connectivity index (χ3v) is 3.92. The van der Waals surface area contributed by atoms with Gasteiger partial charge in [-0.25, -0.2) is 0 Å². The van der Waals surface area contributed by atoms with Crippen molar-refractivity contribution in [1.29, 1.82) is 5.26 Å². The van der Waals surface area contributed by atoms with Crippen molar-refractivity contribution in [3.05, 3.63) is 57.1 Å². The highest BCUT2D eigenvalue weighted by Gasteiger charge is 2.16. The van der Waals surface area contributed by atoms with E-state index in [1.54, 1.807) is 12.1 Å². The Morgan fingerprint density at radius 1 is 0.962 bits per heavy atom. The highest BCUT2D eigenvalue weighted by atomic mass is 35.5. The molecule has 2 aromatic rings. The molecular weight excluding hydrogens is 377 g/mol. The van der Waals surface area contributed by atoms with Crippen LogP contribution in [-0.2, 0) is 0 Å². The van der Waals surface area contributed by atoms with Gasteiger partial charge in [-0.2, -0.15) is 5.26 Å². The van der Waals surface area contributed by atoms with E-state index in [0.717, 1.165) is 0 Å². The summed E-state index contributed by atoms with van der Waals surface area (Å²) < 4.78 is 15.8. The zero-order chi connectivity index (χ0) is 19.3. The number of carbonyl (C=O) groups excluding carboxylic acids is 1. The molecule has 0 fully saturated rings. The van der Waals surface area contributed by atoms with Crippen molar-refractivity contribution in [1.82, 2.24) is 0 Å². The Hall–Kier alpha value is -2.68. The molecule has 0 aliphatic heterocycles. The number of allylic oxidation sites excluding steroid dienone is 1. The van der Waals surface area contributed by atoms with Crippen LogP contribution in [0.15, 0.2) is 35.9 Å². The van der Waals surface area contributed by atoms with E-state index in [0.29, 0.717) is 32.9 Å². The maximum Gasteiger partial charge on any atom is 0.203 e. The normalized spacial score (nSPS) is 10.8. The Bertz CT molecular complexity index is 871. The first-order valence-corrected chi connectivity index (χ1v) is 8.11. The molecule has 26 heavy (non-hydrogen) atoms. The summed E-state index contributed by atoms with van der Waals surface area (Å²) in [6, 6.07) is 9.59. The van der Waals surface area contributed by atoms with Crippen molar-refractivity contribution < 1.29 is 19.0 Å². The summed E-state index contributed by atoms with van der Waals surface area (Å²) in [5.74, 6) is 0.742. The predicted molar refractivity (Wildman–Crippen MR) is 100 cm³/mol. The molecule has 7 heteroatoms. The van der Waals surface area contributed by atoms with Crippen molar-refractivity contribution in [2.24, 2.45) is 0 Å². The number of benzene rings is 2. The van der Waals surface area contributed by atoms with Gasteiger partial charge in [-0.15, -0.1) is 0 Å². The minimum Gasteiger partial charge on any atom is -0.493 e. The van der Waals surface area contributed by atoms with Gasteiger partial charge in [-0.3, -0.25) is 4.79 Å². The summed E-state index contributed by atoms with van der Waals surface area (Å²) in [6.07, 6.45) is 1.43. The minimum absolute atomic E-state index is 0.0855. The Morgan fingerprint density at radius 2 is 1.50 bits per heavy atom. The van der Waals surface area contributed by atoms with Gasteiger partial charge in [-0.1, -0.05) is 23.2 Å². The Morgan fingerprint density at radius 3 is 1.92 bits per heavy atom. The molecule has 0 aliphatic rings. The molecule has 0 heterocycles. The van der Waals surface area contributed by atoms with Crippen LogP contribution in [-0.4, -0.2) is 27.1 Å². The van der Waals surface area contributed by atoms with Crippen LogP contribution in [0.3, 0.4) is 0 Å². The second-order valence-corrected chi connectivity index (χ2v) is 5.99. The highest BCUT2D eigenvalue weighted by molar-refractivity contribution is 6.35. The van der Waals surface area contributed by atoms with Gasteiger partial charge in [0.05, 0.1) is 21.3 Å². The van der Waals surface area contributed by atoms with E-state index in [9.17, 15) is 10.1 Å². The van der Waals surface area contributed by atoms with Crippen molar-refractivity contribution in [3.63, 3.8) is 0 Å². The molecule has 0 aromatic heterocycles. The molecule has 2 aromatic carbocycles. The summed E-state index contributed by atoms with van der Waals surface area (Å²) in [4.78, 5) is 12.6. The number of halogens is 2. The van der Waals surface area contributed by atoms with Crippen LogP contribution in [0.2, 0.25) is 10.0 Å². The lowest BCUT2D eigenvalue weighted by molar-refractivity contribution is 0.104. The van der Waals surface area contributed by atoms with Crippen LogP contribution in [0.4, 0.5) is 0 Å². The monoisotopic (exact) mass is 391 g/mol. The van der Waals surface area contributed by atoms with Gasteiger partial charge in [-0.05, 0) is 42.0 Å². The van der Waals surface area contributed by atoms with Gasteiger partial charge in [0.15, 0.2) is 11.5 Å². The first-order chi connectivity index (χ1) is 12.4. The van der Waals surface area contributed by atoms with Crippen molar-refractivity contribution in [3.8, 4) is 23.3 Å². The van der Waals surface area contributed by atoms with E-state index in [1.807, 2.05) is 6.07 Å². The average molecular weight is 392 g/mol. The van der Waals surface area contributed by atoms with Crippen LogP contribution in [0.25, 0.3) is 6.08 Å². The number of nitriles is 1. The lowest BCUT2D eigenvalue weighted by Crippen LogP contribution is -2.02. The average Bonchev–Trinajstić information content (AvgIpc) is 2.63. The van der Waals surface area contributed by atoms with Gasteiger partial charge in [0.25, 0.3) is 0 Å². The summed E-state index contributed by atoms with van der Waals surface area (Å²) in [6.45, 7) is 0. The zero-order valence-corrected chi connectivity index (χ0v) is 15.8. The van der Waals surface area contributed by atoms with Gasteiger partial charge in [0.1, 0.15) is 11.6 Å². The van der Waals surface area contributed by atoms with E-state index >= 15 is 0 Å². The molecule has 0 spiro atoms. The van der Waals surface area contributed by atoms with Crippen LogP contribution in [0.1, 0.15) is 15.9 Å². The molecule has 0 saturated carbocycles. The van der Waals surface area contributed by atoms with Crippen LogP contribution < -0.4 is 14.2 Å². The molecule has 0 bridgehead atoms. The fourth-order valence-corrected chi connectivity index (χ4v) is 2.87. The molecule has 0 unspecified atom stereocenters. The molecule has 5 nitrogen and oxygen atoms in total. The number of rotatable bonds is 6. The second-order valence-electron chi connectivity index (χ2n) is 5.12. The number of ether oxygens (including phenoxy) is 3. The molecule has 0 radical (unpaired) electrons. The topological polar surface area (TPSA) is 68.5 Å². The highest BCUT2D eigenvalue weighted by Crippen LogP contribution is 2.38. The third-order valence-electron chi connectivity index (χ3n) is 3.49. The summed E-state index contributed by atoms with van der Waals surface area (Å²) in [7, 11) is 4.45.